The van der Waals surface area contributed by atoms with E-state index in [2.05, 4.69) is 0 Å². The lowest BCUT2D eigenvalue weighted by atomic mass is 11.0. The normalized spacial score (nSPS) is 14.0. The first-order valence-corrected chi connectivity index (χ1v) is 7.07. The van der Waals surface area contributed by atoms with Crippen LogP contribution in [0.4, 0.5) is 0 Å². The van der Waals surface area contributed by atoms with E-state index >= 15 is 0 Å². The Balaban J connectivity index is 4.50. The molecule has 13 heavy (non-hydrogen) atoms. The Morgan fingerprint density at radius 3 is 1.23 bits per heavy atom. The van der Waals surface area contributed by atoms with Crippen molar-refractivity contribution in [3.8, 4) is 0 Å². The van der Waals surface area contributed by atoms with Crippen LogP contribution in [-0.4, -0.2) is 58.7 Å². The van der Waals surface area contributed by atoms with Crippen molar-refractivity contribution < 1.29 is 16.8 Å². The van der Waals surface area contributed by atoms with Crippen molar-refractivity contribution in [3.63, 3.8) is 0 Å². The summed E-state index contributed by atoms with van der Waals surface area (Å²) in [6.07, 6.45) is 2.03. The molecule has 0 fully saturated rings. The summed E-state index contributed by atoms with van der Waals surface area (Å²) in [7, 11) is -4.03. The molecule has 0 atom stereocenters. The predicted octanol–water partition coefficient (Wildman–Crippen LogP) is -1.27. The van der Waals surface area contributed by atoms with Gasteiger partial charge >= 0.3 is 0 Å². The minimum Gasteiger partial charge on any atom is -0.212 e. The van der Waals surface area contributed by atoms with Crippen LogP contribution >= 0.6 is 0 Å². The van der Waals surface area contributed by atoms with E-state index in [9.17, 15) is 16.8 Å². The highest BCUT2D eigenvalue weighted by molar-refractivity contribution is 7.89. The van der Waals surface area contributed by atoms with Gasteiger partial charge in [0.2, 0.25) is 20.0 Å². The maximum absolute atomic E-state index is 10.9. The van der Waals surface area contributed by atoms with E-state index in [4.69, 9.17) is 0 Å². The van der Waals surface area contributed by atoms with Crippen LogP contribution in [0.25, 0.3) is 0 Å². The van der Waals surface area contributed by atoms with E-state index in [0.29, 0.717) is 0 Å². The average molecular weight is 230 g/mol. The van der Waals surface area contributed by atoms with Crippen molar-refractivity contribution in [2.45, 2.75) is 0 Å². The Morgan fingerprint density at radius 1 is 0.846 bits per heavy atom. The second-order valence-electron chi connectivity index (χ2n) is 2.86. The molecular formula is C5H14N2O4S2. The fourth-order valence-electron chi connectivity index (χ4n) is 0.490. The third-order valence-corrected chi connectivity index (χ3v) is 4.03. The zero-order chi connectivity index (χ0) is 10.9. The van der Waals surface area contributed by atoms with Gasteiger partial charge in [0.1, 0.15) is 0 Å². The summed E-state index contributed by atoms with van der Waals surface area (Å²) < 4.78 is 45.5. The molecule has 0 aromatic rings. The molecule has 0 saturated heterocycles. The highest BCUT2D eigenvalue weighted by Crippen LogP contribution is 1.98. The van der Waals surface area contributed by atoms with Gasteiger partial charge in [-0.15, -0.1) is 0 Å². The van der Waals surface area contributed by atoms with Crippen LogP contribution in [0.1, 0.15) is 0 Å². The topological polar surface area (TPSA) is 74.8 Å². The molecule has 0 aliphatic carbocycles. The maximum atomic E-state index is 10.9. The van der Waals surface area contributed by atoms with Crippen LogP contribution in [0, 0.1) is 0 Å². The molecule has 0 aliphatic heterocycles. The molecule has 6 nitrogen and oxygen atoms in total. The van der Waals surface area contributed by atoms with Gasteiger partial charge in [-0.1, -0.05) is 0 Å². The Kier molecular flexibility index (Phi) is 3.85. The van der Waals surface area contributed by atoms with Gasteiger partial charge in [-0.2, -0.15) is 8.61 Å². The van der Waals surface area contributed by atoms with Gasteiger partial charge in [-0.25, -0.2) is 16.8 Å². The fourth-order valence-corrected chi connectivity index (χ4v) is 1.33. The Bertz CT molecular complexity index is 322. The van der Waals surface area contributed by atoms with E-state index in [1.54, 1.807) is 0 Å². The van der Waals surface area contributed by atoms with Crippen LogP contribution in [0.15, 0.2) is 0 Å². The molecule has 0 heterocycles. The lowest BCUT2D eigenvalue weighted by molar-refractivity contribution is 0.355. The van der Waals surface area contributed by atoms with Crippen molar-refractivity contribution in [2.75, 3.05) is 33.3 Å². The number of hydrogen-bond acceptors (Lipinski definition) is 4. The number of hydrogen-bond donors (Lipinski definition) is 0. The number of rotatable bonds is 4. The zero-order valence-electron chi connectivity index (χ0n) is 8.05. The summed E-state index contributed by atoms with van der Waals surface area (Å²) in [6.45, 7) is -0.169. The summed E-state index contributed by atoms with van der Waals surface area (Å²) in [5, 5.41) is 0. The summed E-state index contributed by atoms with van der Waals surface area (Å²) in [5.41, 5.74) is 0. The van der Waals surface area contributed by atoms with Crippen molar-refractivity contribution >= 4 is 20.0 Å². The van der Waals surface area contributed by atoms with Crippen molar-refractivity contribution in [1.82, 2.24) is 8.61 Å². The first-order valence-electron chi connectivity index (χ1n) is 3.38. The quantitative estimate of drug-likeness (QED) is 0.564. The van der Waals surface area contributed by atoms with Crippen molar-refractivity contribution in [3.05, 3.63) is 0 Å². The van der Waals surface area contributed by atoms with Gasteiger partial charge in [0.05, 0.1) is 19.2 Å². The van der Waals surface area contributed by atoms with Gasteiger partial charge in [-0.3, -0.25) is 0 Å². The number of sulfonamides is 2. The van der Waals surface area contributed by atoms with Gasteiger partial charge in [0.15, 0.2) is 0 Å². The first kappa shape index (κ1) is 12.8. The molecule has 0 aliphatic rings. The second-order valence-corrected chi connectivity index (χ2v) is 7.04. The Hall–Kier alpha value is -0.180. The third-order valence-electron chi connectivity index (χ3n) is 1.53. The molecule has 8 heteroatoms. The SMILES string of the molecule is CN(CN(C)S(C)(=O)=O)S(C)(=O)=O. The van der Waals surface area contributed by atoms with Crippen molar-refractivity contribution in [2.24, 2.45) is 0 Å². The summed E-state index contributed by atoms with van der Waals surface area (Å²) in [5.74, 6) is 0. The van der Waals surface area contributed by atoms with E-state index in [0.717, 1.165) is 21.1 Å². The Labute approximate surface area is 79.2 Å². The molecule has 0 aromatic carbocycles. The zero-order valence-corrected chi connectivity index (χ0v) is 9.68. The second kappa shape index (κ2) is 3.91. The monoisotopic (exact) mass is 230 g/mol. The average Bonchev–Trinajstić information content (AvgIpc) is 1.82. The van der Waals surface area contributed by atoms with Gasteiger partial charge in [0, 0.05) is 14.1 Å². The third kappa shape index (κ3) is 4.55. The van der Waals surface area contributed by atoms with Gasteiger partial charge in [0.25, 0.3) is 0 Å². The smallest absolute Gasteiger partial charge is 0.212 e. The molecule has 80 valence electrons. The predicted molar refractivity (Wildman–Crippen MR) is 50.1 cm³/mol. The van der Waals surface area contributed by atoms with Crippen LogP contribution in [0.3, 0.4) is 0 Å². The van der Waals surface area contributed by atoms with Crippen LogP contribution in [0.5, 0.6) is 0 Å². The van der Waals surface area contributed by atoms with Crippen LogP contribution < -0.4 is 0 Å². The largest absolute Gasteiger partial charge is 0.212 e. The molecule has 0 radical (unpaired) electrons. The molecule has 0 unspecified atom stereocenters. The summed E-state index contributed by atoms with van der Waals surface area (Å²) >= 11 is 0. The molecule has 0 rings (SSSR count). The summed E-state index contributed by atoms with van der Waals surface area (Å²) in [4.78, 5) is 0. The van der Waals surface area contributed by atoms with Crippen molar-refractivity contribution in [1.29, 1.82) is 0 Å². The van der Waals surface area contributed by atoms with Gasteiger partial charge < -0.3 is 0 Å². The Morgan fingerprint density at radius 2 is 1.08 bits per heavy atom. The molecule has 0 spiro atoms. The lowest BCUT2D eigenvalue weighted by Gasteiger charge is -2.20. The van der Waals surface area contributed by atoms with Crippen LogP contribution in [0.2, 0.25) is 0 Å². The van der Waals surface area contributed by atoms with E-state index < -0.39 is 20.0 Å². The lowest BCUT2D eigenvalue weighted by Crippen LogP contribution is -2.39. The molecule has 0 bridgehead atoms. The van der Waals surface area contributed by atoms with E-state index in [-0.39, 0.29) is 6.67 Å². The van der Waals surface area contributed by atoms with Crippen LogP contribution in [-0.2, 0) is 20.0 Å². The molecule has 0 amide bonds. The van der Waals surface area contributed by atoms with Gasteiger partial charge in [-0.05, 0) is 0 Å². The highest BCUT2D eigenvalue weighted by Gasteiger charge is 2.18. The molecular weight excluding hydrogens is 216 g/mol. The van der Waals surface area contributed by atoms with E-state index in [1.807, 2.05) is 0 Å². The fraction of sp³-hybridized carbons (Fsp3) is 1.00. The minimum atomic E-state index is -3.33. The molecule has 0 aromatic heterocycles. The van der Waals surface area contributed by atoms with E-state index in [1.165, 1.54) is 14.1 Å². The standard InChI is InChI=1S/C5H14N2O4S2/c1-6(12(3,8)9)5-7(2)13(4,10)11/h5H2,1-4H3. The molecule has 0 saturated carbocycles. The number of nitrogens with zero attached hydrogens (tertiary/aromatic N) is 2. The summed E-state index contributed by atoms with van der Waals surface area (Å²) in [6, 6.07) is 0. The molecule has 0 N–H and O–H groups in total. The highest BCUT2D eigenvalue weighted by atomic mass is 32.2. The first-order chi connectivity index (χ1) is 5.55. The maximum Gasteiger partial charge on any atom is 0.212 e. The minimum absolute atomic E-state index is 0.169.